The fourth-order valence-electron chi connectivity index (χ4n) is 1.16. The van der Waals surface area contributed by atoms with Gasteiger partial charge in [0.05, 0.1) is 12.2 Å². The van der Waals surface area contributed by atoms with Gasteiger partial charge in [0.25, 0.3) is 0 Å². The van der Waals surface area contributed by atoms with Crippen LogP contribution in [0.4, 0.5) is 10.3 Å². The second-order valence-corrected chi connectivity index (χ2v) is 5.50. The quantitative estimate of drug-likeness (QED) is 0.892. The topological polar surface area (TPSA) is 66.9 Å². The first kappa shape index (κ1) is 12.0. The van der Waals surface area contributed by atoms with E-state index in [2.05, 4.69) is 20.6 Å². The van der Waals surface area contributed by atoms with Crippen LogP contribution in [0.25, 0.3) is 0 Å². The Labute approximate surface area is 107 Å². The Bertz CT molecular complexity index is 487. The van der Waals surface area contributed by atoms with E-state index in [1.165, 1.54) is 22.7 Å². The minimum atomic E-state index is -0.117. The van der Waals surface area contributed by atoms with Crippen molar-refractivity contribution in [2.24, 2.45) is 0 Å². The standard InChI is InChI=1S/C10H12N4OS2/c1-6-7(2)17-10(13-6)14-8(15)5-12-9-11-3-4-16-9/h3-4H,5H2,1-2H3,(H,11,12)(H,13,14,15). The molecule has 5 nitrogen and oxygen atoms in total. The number of carbonyl (C=O) groups excluding carboxylic acids is 1. The third kappa shape index (κ3) is 3.24. The maximum atomic E-state index is 11.6. The number of aryl methyl sites for hydroxylation is 2. The molecule has 2 aromatic rings. The molecular formula is C10H12N4OS2. The molecule has 0 spiro atoms. The van der Waals surface area contributed by atoms with Gasteiger partial charge in [0.2, 0.25) is 5.91 Å². The number of hydrogen-bond donors (Lipinski definition) is 2. The summed E-state index contributed by atoms with van der Waals surface area (Å²) in [5.41, 5.74) is 0.957. The molecule has 0 fully saturated rings. The monoisotopic (exact) mass is 268 g/mol. The average molecular weight is 268 g/mol. The van der Waals surface area contributed by atoms with Crippen molar-refractivity contribution < 1.29 is 4.79 Å². The first-order valence-electron chi connectivity index (χ1n) is 5.02. The van der Waals surface area contributed by atoms with Crippen molar-refractivity contribution in [1.29, 1.82) is 0 Å². The molecule has 0 bridgehead atoms. The third-order valence-corrected chi connectivity index (χ3v) is 3.83. The molecule has 2 rings (SSSR count). The van der Waals surface area contributed by atoms with Crippen molar-refractivity contribution in [2.45, 2.75) is 13.8 Å². The van der Waals surface area contributed by atoms with Crippen LogP contribution in [0.1, 0.15) is 10.6 Å². The van der Waals surface area contributed by atoms with Gasteiger partial charge in [-0.3, -0.25) is 4.79 Å². The minimum absolute atomic E-state index is 0.117. The van der Waals surface area contributed by atoms with Crippen LogP contribution in [0.2, 0.25) is 0 Å². The maximum Gasteiger partial charge on any atom is 0.245 e. The molecule has 2 heterocycles. The number of carbonyl (C=O) groups is 1. The summed E-state index contributed by atoms with van der Waals surface area (Å²) in [6.45, 7) is 4.11. The van der Waals surface area contributed by atoms with Crippen LogP contribution in [0.15, 0.2) is 11.6 Å². The molecule has 0 aliphatic heterocycles. The normalized spacial score (nSPS) is 10.2. The highest BCUT2D eigenvalue weighted by Crippen LogP contribution is 2.20. The molecule has 17 heavy (non-hydrogen) atoms. The summed E-state index contributed by atoms with van der Waals surface area (Å²) in [5.74, 6) is -0.117. The molecule has 0 radical (unpaired) electrons. The highest BCUT2D eigenvalue weighted by molar-refractivity contribution is 7.15. The molecule has 2 N–H and O–H groups in total. The van der Waals surface area contributed by atoms with Gasteiger partial charge in [0.1, 0.15) is 0 Å². The maximum absolute atomic E-state index is 11.6. The van der Waals surface area contributed by atoms with E-state index < -0.39 is 0 Å². The van der Waals surface area contributed by atoms with Crippen LogP contribution in [0, 0.1) is 13.8 Å². The van der Waals surface area contributed by atoms with E-state index in [1.807, 2.05) is 19.2 Å². The van der Waals surface area contributed by atoms with E-state index in [9.17, 15) is 4.79 Å². The Kier molecular flexibility index (Phi) is 3.70. The van der Waals surface area contributed by atoms with E-state index in [0.29, 0.717) is 5.13 Å². The molecule has 1 amide bonds. The zero-order valence-corrected chi connectivity index (χ0v) is 11.1. The van der Waals surface area contributed by atoms with Crippen molar-refractivity contribution in [2.75, 3.05) is 17.2 Å². The fourth-order valence-corrected chi connectivity index (χ4v) is 2.51. The third-order valence-electron chi connectivity index (χ3n) is 2.11. The van der Waals surface area contributed by atoms with Crippen LogP contribution in [0.5, 0.6) is 0 Å². The Morgan fingerprint density at radius 3 is 2.82 bits per heavy atom. The van der Waals surface area contributed by atoms with E-state index in [4.69, 9.17) is 0 Å². The molecule has 0 saturated heterocycles. The molecule has 7 heteroatoms. The number of nitrogens with one attached hydrogen (secondary N) is 2. The molecule has 0 unspecified atom stereocenters. The summed E-state index contributed by atoms with van der Waals surface area (Å²) >= 11 is 2.94. The van der Waals surface area contributed by atoms with E-state index >= 15 is 0 Å². The summed E-state index contributed by atoms with van der Waals surface area (Å²) in [6, 6.07) is 0. The molecule has 0 aliphatic carbocycles. The number of hydrogen-bond acceptors (Lipinski definition) is 6. The fraction of sp³-hybridized carbons (Fsp3) is 0.300. The van der Waals surface area contributed by atoms with Gasteiger partial charge in [0, 0.05) is 16.5 Å². The summed E-state index contributed by atoms with van der Waals surface area (Å²) in [6.07, 6.45) is 1.69. The molecule has 0 aromatic carbocycles. The molecule has 90 valence electrons. The van der Waals surface area contributed by atoms with Gasteiger partial charge in [-0.05, 0) is 13.8 Å². The number of rotatable bonds is 4. The van der Waals surface area contributed by atoms with Crippen LogP contribution < -0.4 is 10.6 Å². The highest BCUT2D eigenvalue weighted by atomic mass is 32.1. The zero-order chi connectivity index (χ0) is 12.3. The van der Waals surface area contributed by atoms with E-state index in [-0.39, 0.29) is 12.5 Å². The van der Waals surface area contributed by atoms with Crippen LogP contribution >= 0.6 is 22.7 Å². The second-order valence-electron chi connectivity index (χ2n) is 3.40. The van der Waals surface area contributed by atoms with Crippen molar-refractivity contribution in [3.05, 3.63) is 22.1 Å². The SMILES string of the molecule is Cc1nc(NC(=O)CNc2nccs2)sc1C. The van der Waals surface area contributed by atoms with Gasteiger partial charge in [-0.2, -0.15) is 0 Å². The van der Waals surface area contributed by atoms with Crippen LogP contribution in [-0.2, 0) is 4.79 Å². The Morgan fingerprint density at radius 2 is 2.24 bits per heavy atom. The van der Waals surface area contributed by atoms with Gasteiger partial charge in [-0.1, -0.05) is 0 Å². The van der Waals surface area contributed by atoms with Crippen LogP contribution in [0.3, 0.4) is 0 Å². The smallest absolute Gasteiger partial charge is 0.245 e. The summed E-state index contributed by atoms with van der Waals surface area (Å²) in [5, 5.41) is 8.93. The predicted molar refractivity (Wildman–Crippen MR) is 70.8 cm³/mol. The van der Waals surface area contributed by atoms with Gasteiger partial charge >= 0.3 is 0 Å². The number of amides is 1. The summed E-state index contributed by atoms with van der Waals surface area (Å²) < 4.78 is 0. The highest BCUT2D eigenvalue weighted by Gasteiger charge is 2.07. The number of thiazole rings is 2. The van der Waals surface area contributed by atoms with Gasteiger partial charge in [0.15, 0.2) is 10.3 Å². The Morgan fingerprint density at radius 1 is 1.41 bits per heavy atom. The van der Waals surface area contributed by atoms with Gasteiger partial charge in [-0.15, -0.1) is 22.7 Å². The minimum Gasteiger partial charge on any atom is -0.352 e. The lowest BCUT2D eigenvalue weighted by Crippen LogP contribution is -2.21. The number of aromatic nitrogens is 2. The largest absolute Gasteiger partial charge is 0.352 e. The van der Waals surface area contributed by atoms with Crippen molar-refractivity contribution >= 4 is 38.8 Å². The Hall–Kier alpha value is -1.47. The molecular weight excluding hydrogens is 256 g/mol. The molecule has 0 saturated carbocycles. The van der Waals surface area contributed by atoms with Crippen molar-refractivity contribution in [1.82, 2.24) is 9.97 Å². The van der Waals surface area contributed by atoms with Crippen molar-refractivity contribution in [3.63, 3.8) is 0 Å². The summed E-state index contributed by atoms with van der Waals surface area (Å²) in [4.78, 5) is 21.0. The molecule has 0 atom stereocenters. The Balaban J connectivity index is 1.85. The van der Waals surface area contributed by atoms with E-state index in [0.717, 1.165) is 15.7 Å². The lowest BCUT2D eigenvalue weighted by Gasteiger charge is -2.02. The number of nitrogens with zero attached hydrogens (tertiary/aromatic N) is 2. The second kappa shape index (κ2) is 5.24. The lowest BCUT2D eigenvalue weighted by molar-refractivity contribution is -0.114. The van der Waals surface area contributed by atoms with Crippen LogP contribution in [-0.4, -0.2) is 22.4 Å². The molecule has 2 aromatic heterocycles. The lowest BCUT2D eigenvalue weighted by atomic mass is 10.4. The first-order chi connectivity index (χ1) is 8.15. The van der Waals surface area contributed by atoms with Crippen molar-refractivity contribution in [3.8, 4) is 0 Å². The zero-order valence-electron chi connectivity index (χ0n) is 9.48. The van der Waals surface area contributed by atoms with Gasteiger partial charge in [-0.25, -0.2) is 9.97 Å². The predicted octanol–water partition coefficient (Wildman–Crippen LogP) is 2.27. The average Bonchev–Trinajstić information content (AvgIpc) is 2.87. The number of anilines is 2. The molecule has 0 aliphatic rings. The van der Waals surface area contributed by atoms with E-state index in [1.54, 1.807) is 6.20 Å². The summed E-state index contributed by atoms with van der Waals surface area (Å²) in [7, 11) is 0. The van der Waals surface area contributed by atoms with Gasteiger partial charge < -0.3 is 10.6 Å². The first-order valence-corrected chi connectivity index (χ1v) is 6.72.